The molecule has 0 rings (SSSR count). The molecule has 0 aliphatic heterocycles. The SMILES string of the molecule is C=C(C)C(=O)OCCN(CCOC(=O)C(=C)C)C(=O)C(=C)C. The fourth-order valence-corrected chi connectivity index (χ4v) is 1.33. The largest absolute Gasteiger partial charge is 0.460 e. The summed E-state index contributed by atoms with van der Waals surface area (Å²) in [5, 5.41) is 0. The van der Waals surface area contributed by atoms with Crippen LogP contribution < -0.4 is 0 Å². The summed E-state index contributed by atoms with van der Waals surface area (Å²) in [4.78, 5) is 35.9. The van der Waals surface area contributed by atoms with Crippen molar-refractivity contribution in [3.05, 3.63) is 36.5 Å². The zero-order valence-electron chi connectivity index (χ0n) is 13.4. The first-order valence-electron chi connectivity index (χ1n) is 6.76. The highest BCUT2D eigenvalue weighted by Gasteiger charge is 2.16. The summed E-state index contributed by atoms with van der Waals surface area (Å²) in [7, 11) is 0. The second-order valence-electron chi connectivity index (χ2n) is 4.91. The van der Waals surface area contributed by atoms with Gasteiger partial charge in [0.15, 0.2) is 0 Å². The first-order valence-corrected chi connectivity index (χ1v) is 6.76. The summed E-state index contributed by atoms with van der Waals surface area (Å²) >= 11 is 0. The van der Waals surface area contributed by atoms with E-state index < -0.39 is 11.9 Å². The molecule has 0 aromatic heterocycles. The molecular formula is C16H23NO5. The molecule has 0 aromatic rings. The molecule has 1 amide bonds. The Morgan fingerprint density at radius 3 is 1.41 bits per heavy atom. The molecule has 122 valence electrons. The van der Waals surface area contributed by atoms with Gasteiger partial charge in [-0.3, -0.25) is 4.79 Å². The maximum absolute atomic E-state index is 12.0. The van der Waals surface area contributed by atoms with Gasteiger partial charge in [-0.2, -0.15) is 0 Å². The Bertz CT molecular complexity index is 461. The van der Waals surface area contributed by atoms with Gasteiger partial charge in [-0.05, 0) is 20.8 Å². The van der Waals surface area contributed by atoms with Crippen molar-refractivity contribution in [2.24, 2.45) is 0 Å². The lowest BCUT2D eigenvalue weighted by molar-refractivity contribution is -0.142. The van der Waals surface area contributed by atoms with Crippen molar-refractivity contribution in [2.45, 2.75) is 20.8 Å². The molecule has 0 heterocycles. The van der Waals surface area contributed by atoms with E-state index >= 15 is 0 Å². The van der Waals surface area contributed by atoms with Crippen LogP contribution in [0.2, 0.25) is 0 Å². The van der Waals surface area contributed by atoms with Crippen molar-refractivity contribution in [3.8, 4) is 0 Å². The Balaban J connectivity index is 4.45. The van der Waals surface area contributed by atoms with E-state index in [-0.39, 0.29) is 43.4 Å². The number of rotatable bonds is 9. The summed E-state index contributed by atoms with van der Waals surface area (Å²) in [6.07, 6.45) is 0. The van der Waals surface area contributed by atoms with E-state index in [4.69, 9.17) is 9.47 Å². The number of hydrogen-bond donors (Lipinski definition) is 0. The molecule has 0 saturated carbocycles. The van der Waals surface area contributed by atoms with Crippen LogP contribution in [0.15, 0.2) is 36.5 Å². The van der Waals surface area contributed by atoms with Crippen LogP contribution in [0.25, 0.3) is 0 Å². The van der Waals surface area contributed by atoms with E-state index in [0.717, 1.165) is 0 Å². The minimum atomic E-state index is -0.517. The Labute approximate surface area is 131 Å². The number of amides is 1. The molecule has 0 bridgehead atoms. The van der Waals surface area contributed by atoms with E-state index in [9.17, 15) is 14.4 Å². The average Bonchev–Trinajstić information content (AvgIpc) is 2.43. The zero-order valence-corrected chi connectivity index (χ0v) is 13.4. The predicted octanol–water partition coefficient (Wildman–Crippen LogP) is 1.63. The van der Waals surface area contributed by atoms with Crippen LogP contribution in [-0.2, 0) is 23.9 Å². The molecule has 6 heteroatoms. The normalized spacial score (nSPS) is 9.59. The summed E-state index contributed by atoms with van der Waals surface area (Å²) in [6, 6.07) is 0. The summed E-state index contributed by atoms with van der Waals surface area (Å²) in [6.45, 7) is 15.6. The molecule has 0 saturated heterocycles. The molecule has 0 aliphatic rings. The third kappa shape index (κ3) is 7.42. The van der Waals surface area contributed by atoms with E-state index in [0.29, 0.717) is 5.57 Å². The third-order valence-corrected chi connectivity index (χ3v) is 2.54. The first-order chi connectivity index (χ1) is 10.2. The zero-order chi connectivity index (χ0) is 17.3. The van der Waals surface area contributed by atoms with Crippen LogP contribution in [0.5, 0.6) is 0 Å². The number of ether oxygens (including phenoxy) is 2. The highest BCUT2D eigenvalue weighted by molar-refractivity contribution is 5.92. The number of esters is 2. The molecular weight excluding hydrogens is 286 g/mol. The molecule has 22 heavy (non-hydrogen) atoms. The molecule has 0 unspecified atom stereocenters. The second-order valence-corrected chi connectivity index (χ2v) is 4.91. The van der Waals surface area contributed by atoms with Crippen molar-refractivity contribution in [3.63, 3.8) is 0 Å². The van der Waals surface area contributed by atoms with E-state index in [2.05, 4.69) is 19.7 Å². The minimum Gasteiger partial charge on any atom is -0.460 e. The van der Waals surface area contributed by atoms with Crippen molar-refractivity contribution in [1.29, 1.82) is 0 Å². The molecule has 0 spiro atoms. The first kappa shape index (κ1) is 19.6. The Hall–Kier alpha value is -2.37. The number of nitrogens with zero attached hydrogens (tertiary/aromatic N) is 1. The van der Waals surface area contributed by atoms with Crippen molar-refractivity contribution in [2.75, 3.05) is 26.3 Å². The lowest BCUT2D eigenvalue weighted by Crippen LogP contribution is -2.37. The Morgan fingerprint density at radius 2 is 1.14 bits per heavy atom. The van der Waals surface area contributed by atoms with E-state index in [1.807, 2.05) is 0 Å². The maximum Gasteiger partial charge on any atom is 0.333 e. The maximum atomic E-state index is 12.0. The van der Waals surface area contributed by atoms with Gasteiger partial charge in [-0.25, -0.2) is 9.59 Å². The van der Waals surface area contributed by atoms with Crippen LogP contribution >= 0.6 is 0 Å². The van der Waals surface area contributed by atoms with Crippen molar-refractivity contribution in [1.82, 2.24) is 4.90 Å². The van der Waals surface area contributed by atoms with Gasteiger partial charge in [0.2, 0.25) is 5.91 Å². The Kier molecular flexibility index (Phi) is 8.52. The molecule has 0 N–H and O–H groups in total. The monoisotopic (exact) mass is 309 g/mol. The van der Waals surface area contributed by atoms with Gasteiger partial charge in [0, 0.05) is 16.7 Å². The van der Waals surface area contributed by atoms with Gasteiger partial charge >= 0.3 is 11.9 Å². The molecule has 0 radical (unpaired) electrons. The summed E-state index contributed by atoms with van der Waals surface area (Å²) < 4.78 is 9.89. The molecule has 0 atom stereocenters. The number of hydrogen-bond acceptors (Lipinski definition) is 5. The highest BCUT2D eigenvalue weighted by Crippen LogP contribution is 2.01. The summed E-state index contributed by atoms with van der Waals surface area (Å²) in [5.74, 6) is -1.33. The van der Waals surface area contributed by atoms with Gasteiger partial charge in [0.05, 0.1) is 13.1 Å². The van der Waals surface area contributed by atoms with Gasteiger partial charge in [-0.1, -0.05) is 19.7 Å². The fraction of sp³-hybridized carbons (Fsp3) is 0.438. The topological polar surface area (TPSA) is 72.9 Å². The smallest absolute Gasteiger partial charge is 0.333 e. The van der Waals surface area contributed by atoms with Crippen LogP contribution in [0.4, 0.5) is 0 Å². The van der Waals surface area contributed by atoms with Crippen LogP contribution in [0.1, 0.15) is 20.8 Å². The van der Waals surface area contributed by atoms with E-state index in [1.165, 1.54) is 18.7 Å². The quantitative estimate of drug-likeness (QED) is 0.478. The Morgan fingerprint density at radius 1 is 0.773 bits per heavy atom. The van der Waals surface area contributed by atoms with Gasteiger partial charge < -0.3 is 14.4 Å². The standard InChI is InChI=1S/C16H23NO5/c1-11(2)14(18)17(7-9-21-15(19)12(3)4)8-10-22-16(20)13(5)6/h1,3,5,7-10H2,2,4,6H3. The van der Waals surface area contributed by atoms with Crippen LogP contribution in [-0.4, -0.2) is 49.0 Å². The van der Waals surface area contributed by atoms with Gasteiger partial charge in [-0.15, -0.1) is 0 Å². The lowest BCUT2D eigenvalue weighted by Gasteiger charge is -2.22. The average molecular weight is 309 g/mol. The van der Waals surface area contributed by atoms with Crippen molar-refractivity contribution < 1.29 is 23.9 Å². The molecule has 0 fully saturated rings. The van der Waals surface area contributed by atoms with Crippen LogP contribution in [0.3, 0.4) is 0 Å². The highest BCUT2D eigenvalue weighted by atomic mass is 16.5. The van der Waals surface area contributed by atoms with Gasteiger partial charge in [0.1, 0.15) is 13.2 Å². The summed E-state index contributed by atoms with van der Waals surface area (Å²) in [5.41, 5.74) is 0.916. The van der Waals surface area contributed by atoms with Crippen LogP contribution in [0, 0.1) is 0 Å². The predicted molar refractivity (Wildman–Crippen MR) is 82.9 cm³/mol. The second kappa shape index (κ2) is 9.55. The minimum absolute atomic E-state index is 0.0269. The molecule has 6 nitrogen and oxygen atoms in total. The molecule has 0 aliphatic carbocycles. The fourth-order valence-electron chi connectivity index (χ4n) is 1.33. The third-order valence-electron chi connectivity index (χ3n) is 2.54. The van der Waals surface area contributed by atoms with Gasteiger partial charge in [0.25, 0.3) is 0 Å². The number of carbonyl (C=O) groups excluding carboxylic acids is 3. The molecule has 0 aromatic carbocycles. The lowest BCUT2D eigenvalue weighted by atomic mass is 10.3. The van der Waals surface area contributed by atoms with E-state index in [1.54, 1.807) is 6.92 Å². The van der Waals surface area contributed by atoms with Crippen molar-refractivity contribution >= 4 is 17.8 Å². The number of carbonyl (C=O) groups is 3.